The van der Waals surface area contributed by atoms with Crippen LogP contribution in [0.5, 0.6) is 0 Å². The maximum absolute atomic E-state index is 12.7. The normalized spacial score (nSPS) is 15.8. The van der Waals surface area contributed by atoms with Gasteiger partial charge in [-0.2, -0.15) is 4.31 Å². The van der Waals surface area contributed by atoms with Gasteiger partial charge in [0, 0.05) is 23.1 Å². The van der Waals surface area contributed by atoms with E-state index in [1.807, 2.05) is 6.07 Å². The van der Waals surface area contributed by atoms with E-state index >= 15 is 0 Å². The number of rotatable bonds is 4. The van der Waals surface area contributed by atoms with Gasteiger partial charge >= 0.3 is 0 Å². The Morgan fingerprint density at radius 1 is 1.03 bits per heavy atom. The van der Waals surface area contributed by atoms with Crippen LogP contribution in [0.15, 0.2) is 61.0 Å². The van der Waals surface area contributed by atoms with Crippen molar-refractivity contribution in [1.82, 2.24) is 4.31 Å². The van der Waals surface area contributed by atoms with E-state index in [2.05, 4.69) is 15.9 Å². The van der Waals surface area contributed by atoms with Gasteiger partial charge in [0.25, 0.3) is 0 Å². The van der Waals surface area contributed by atoms with Gasteiger partial charge in [0.2, 0.25) is 10.0 Å². The molecule has 0 amide bonds. The summed E-state index contributed by atoms with van der Waals surface area (Å²) in [4.78, 5) is 12.9. The van der Waals surface area contributed by atoms with Gasteiger partial charge in [-0.3, -0.25) is 4.79 Å². The Morgan fingerprint density at radius 2 is 1.73 bits per heavy atom. The van der Waals surface area contributed by atoms with Crippen LogP contribution < -0.4 is 5.43 Å². The summed E-state index contributed by atoms with van der Waals surface area (Å²) in [7, 11) is -3.52. The first kappa shape index (κ1) is 21.0. The summed E-state index contributed by atoms with van der Waals surface area (Å²) < 4.78 is 38.8. The summed E-state index contributed by atoms with van der Waals surface area (Å²) in [6.07, 6.45) is 3.52. The van der Waals surface area contributed by atoms with Crippen LogP contribution in [0, 0.1) is 6.92 Å². The molecule has 1 aromatic heterocycles. The lowest BCUT2D eigenvalue weighted by molar-refractivity contribution is 0.0730. The zero-order valence-corrected chi connectivity index (χ0v) is 18.7. The van der Waals surface area contributed by atoms with Gasteiger partial charge in [-0.1, -0.05) is 34.1 Å². The minimum absolute atomic E-state index is 0.0795. The minimum Gasteiger partial charge on any atom is -0.456 e. The lowest BCUT2D eigenvalue weighted by Crippen LogP contribution is -2.40. The highest BCUT2D eigenvalue weighted by Gasteiger charge is 2.25. The number of hydrogen-bond acceptors (Lipinski definition) is 5. The molecule has 1 fully saturated rings. The molecule has 2 heterocycles. The Balaban J connectivity index is 1.60. The SMILES string of the molecule is Cc1c(C=Cc2ccc(S(=O)(=O)N3CCOCC3)cc2)oc2ccc(Br)cc2c1=O. The van der Waals surface area contributed by atoms with E-state index in [0.29, 0.717) is 48.6 Å². The van der Waals surface area contributed by atoms with Gasteiger partial charge in [-0.25, -0.2) is 8.42 Å². The number of fused-ring (bicyclic) bond motifs is 1. The molecule has 1 saturated heterocycles. The monoisotopic (exact) mass is 489 g/mol. The molecule has 0 N–H and O–H groups in total. The van der Waals surface area contributed by atoms with Crippen LogP contribution in [0.25, 0.3) is 23.1 Å². The summed E-state index contributed by atoms with van der Waals surface area (Å²) >= 11 is 3.37. The third-order valence-electron chi connectivity index (χ3n) is 5.03. The molecule has 0 saturated carbocycles. The van der Waals surface area contributed by atoms with E-state index in [0.717, 1.165) is 10.0 Å². The van der Waals surface area contributed by atoms with E-state index in [9.17, 15) is 13.2 Å². The topological polar surface area (TPSA) is 76.8 Å². The predicted molar refractivity (Wildman–Crippen MR) is 120 cm³/mol. The lowest BCUT2D eigenvalue weighted by Gasteiger charge is -2.26. The Labute approximate surface area is 182 Å². The second-order valence-corrected chi connectivity index (χ2v) is 9.83. The maximum Gasteiger partial charge on any atom is 0.243 e. The highest BCUT2D eigenvalue weighted by molar-refractivity contribution is 9.10. The van der Waals surface area contributed by atoms with Crippen molar-refractivity contribution in [3.05, 3.63) is 74.0 Å². The van der Waals surface area contributed by atoms with Crippen LogP contribution in [0.2, 0.25) is 0 Å². The molecule has 3 aromatic rings. The Morgan fingerprint density at radius 3 is 2.43 bits per heavy atom. The molecule has 0 spiro atoms. The van der Waals surface area contributed by atoms with Gasteiger partial charge in [0.05, 0.1) is 23.5 Å². The second kappa shape index (κ2) is 8.47. The minimum atomic E-state index is -3.52. The molecule has 2 aromatic carbocycles. The largest absolute Gasteiger partial charge is 0.456 e. The first-order valence-electron chi connectivity index (χ1n) is 9.45. The van der Waals surface area contributed by atoms with Crippen molar-refractivity contribution in [2.75, 3.05) is 26.3 Å². The van der Waals surface area contributed by atoms with Crippen LogP contribution in [-0.4, -0.2) is 39.0 Å². The molecule has 0 unspecified atom stereocenters. The van der Waals surface area contributed by atoms with E-state index in [-0.39, 0.29) is 10.3 Å². The quantitative estimate of drug-likeness (QED) is 0.552. The molecule has 6 nitrogen and oxygen atoms in total. The number of nitrogens with zero attached hydrogens (tertiary/aromatic N) is 1. The highest BCUT2D eigenvalue weighted by Crippen LogP contribution is 2.22. The molecule has 0 aliphatic carbocycles. The van der Waals surface area contributed by atoms with Crippen LogP contribution in [-0.2, 0) is 14.8 Å². The molecule has 0 bridgehead atoms. The van der Waals surface area contributed by atoms with Gasteiger partial charge in [0.15, 0.2) is 5.43 Å². The highest BCUT2D eigenvalue weighted by atomic mass is 79.9. The number of benzene rings is 2. The number of hydrogen-bond donors (Lipinski definition) is 0. The second-order valence-electron chi connectivity index (χ2n) is 6.98. The van der Waals surface area contributed by atoms with E-state index in [1.54, 1.807) is 55.5 Å². The molecule has 30 heavy (non-hydrogen) atoms. The first-order chi connectivity index (χ1) is 14.4. The molecule has 1 aliphatic heterocycles. The summed E-state index contributed by atoms with van der Waals surface area (Å²) in [6, 6.07) is 12.0. The van der Waals surface area contributed by atoms with Crippen LogP contribution in [0.3, 0.4) is 0 Å². The average molecular weight is 490 g/mol. The molecule has 8 heteroatoms. The van der Waals surface area contributed by atoms with Crippen molar-refractivity contribution in [3.63, 3.8) is 0 Å². The standard InChI is InChI=1S/C22H20BrNO5S/c1-15-20(29-21-9-5-17(23)14-19(21)22(15)25)8-4-16-2-6-18(7-3-16)30(26,27)24-10-12-28-13-11-24/h2-9,14H,10-13H2,1H3. The van der Waals surface area contributed by atoms with E-state index in [4.69, 9.17) is 9.15 Å². The van der Waals surface area contributed by atoms with Crippen molar-refractivity contribution >= 4 is 49.1 Å². The van der Waals surface area contributed by atoms with Gasteiger partial charge < -0.3 is 9.15 Å². The fourth-order valence-corrected chi connectivity index (χ4v) is 5.06. The molecule has 0 atom stereocenters. The van der Waals surface area contributed by atoms with Gasteiger partial charge in [-0.05, 0) is 48.9 Å². The van der Waals surface area contributed by atoms with E-state index < -0.39 is 10.0 Å². The molecular formula is C22H20BrNO5S. The lowest BCUT2D eigenvalue weighted by atomic mass is 10.1. The Kier molecular flexibility index (Phi) is 5.92. The van der Waals surface area contributed by atoms with Crippen molar-refractivity contribution in [2.45, 2.75) is 11.8 Å². The van der Waals surface area contributed by atoms with Crippen molar-refractivity contribution in [2.24, 2.45) is 0 Å². The fraction of sp³-hybridized carbons (Fsp3) is 0.227. The number of halogens is 1. The van der Waals surface area contributed by atoms with E-state index in [1.165, 1.54) is 4.31 Å². The van der Waals surface area contributed by atoms with Crippen molar-refractivity contribution < 1.29 is 17.6 Å². The van der Waals surface area contributed by atoms with Gasteiger partial charge in [-0.15, -0.1) is 0 Å². The average Bonchev–Trinajstić information content (AvgIpc) is 2.76. The summed E-state index contributed by atoms with van der Waals surface area (Å²) in [6.45, 7) is 3.27. The number of ether oxygens (including phenoxy) is 1. The number of morpholine rings is 1. The Bertz CT molecular complexity index is 1270. The van der Waals surface area contributed by atoms with Crippen LogP contribution in [0.4, 0.5) is 0 Å². The molecule has 156 valence electrons. The maximum atomic E-state index is 12.7. The van der Waals surface area contributed by atoms with Crippen molar-refractivity contribution in [3.8, 4) is 0 Å². The third-order valence-corrected chi connectivity index (χ3v) is 7.44. The third kappa shape index (κ3) is 4.13. The zero-order valence-electron chi connectivity index (χ0n) is 16.3. The Hall–Kier alpha value is -2.26. The van der Waals surface area contributed by atoms with Crippen LogP contribution in [0.1, 0.15) is 16.9 Å². The van der Waals surface area contributed by atoms with Crippen LogP contribution >= 0.6 is 15.9 Å². The fourth-order valence-electron chi connectivity index (χ4n) is 3.30. The molecule has 0 radical (unpaired) electrons. The summed E-state index contributed by atoms with van der Waals surface area (Å²) in [5, 5.41) is 0.525. The summed E-state index contributed by atoms with van der Waals surface area (Å²) in [5.74, 6) is 0.472. The molecule has 4 rings (SSSR count). The first-order valence-corrected chi connectivity index (χ1v) is 11.7. The predicted octanol–water partition coefficient (Wildman–Crippen LogP) is 4.06. The number of sulfonamides is 1. The molecule has 1 aliphatic rings. The van der Waals surface area contributed by atoms with Gasteiger partial charge in [0.1, 0.15) is 11.3 Å². The summed E-state index contributed by atoms with van der Waals surface area (Å²) in [5.41, 5.74) is 1.75. The smallest absolute Gasteiger partial charge is 0.243 e. The molecular weight excluding hydrogens is 470 g/mol. The van der Waals surface area contributed by atoms with Crippen molar-refractivity contribution in [1.29, 1.82) is 0 Å². The zero-order chi connectivity index (χ0) is 21.3.